The van der Waals surface area contributed by atoms with Gasteiger partial charge in [0.15, 0.2) is 16.7 Å². The van der Waals surface area contributed by atoms with Crippen molar-refractivity contribution in [1.29, 1.82) is 0 Å². The Morgan fingerprint density at radius 1 is 1.40 bits per heavy atom. The molecule has 1 aromatic carbocycles. The summed E-state index contributed by atoms with van der Waals surface area (Å²) in [5, 5.41) is 3.98. The van der Waals surface area contributed by atoms with E-state index >= 15 is 0 Å². The second-order valence-electron chi connectivity index (χ2n) is 5.90. The number of hydrogen-bond acceptors (Lipinski definition) is 5. The van der Waals surface area contributed by atoms with Crippen molar-refractivity contribution in [1.82, 2.24) is 5.32 Å². The van der Waals surface area contributed by atoms with Crippen molar-refractivity contribution >= 4 is 40.5 Å². The molecule has 0 radical (unpaired) electrons. The van der Waals surface area contributed by atoms with Crippen molar-refractivity contribution in [2.75, 3.05) is 13.7 Å². The van der Waals surface area contributed by atoms with E-state index in [1.165, 1.54) is 24.6 Å². The van der Waals surface area contributed by atoms with E-state index in [4.69, 9.17) is 21.1 Å². The Labute approximate surface area is 156 Å². The Morgan fingerprint density at radius 2 is 2.16 bits per heavy atom. The number of hydrogen-bond donors (Lipinski definition) is 1. The monoisotopic (exact) mass is 380 g/mol. The number of rotatable bonds is 5. The predicted octanol–water partition coefficient (Wildman–Crippen LogP) is 4.25. The number of ether oxygens (including phenoxy) is 2. The van der Waals surface area contributed by atoms with Gasteiger partial charge >= 0.3 is 0 Å². The summed E-state index contributed by atoms with van der Waals surface area (Å²) in [6, 6.07) is 3.92. The molecule has 3 rings (SSSR count). The van der Waals surface area contributed by atoms with Crippen LogP contribution in [0.15, 0.2) is 22.0 Å². The number of nitrogens with one attached hydrogen (secondary N) is 1. The number of nitrogens with zero attached hydrogens (tertiary/aromatic N) is 1. The lowest BCUT2D eigenvalue weighted by atomic mass is 10.2. The highest BCUT2D eigenvalue weighted by Gasteiger charge is 2.26. The van der Waals surface area contributed by atoms with Gasteiger partial charge in [-0.15, -0.1) is 0 Å². The van der Waals surface area contributed by atoms with Gasteiger partial charge in [0.2, 0.25) is 0 Å². The zero-order valence-corrected chi connectivity index (χ0v) is 15.9. The number of carbonyl (C=O) groups is 1. The molecule has 0 unspecified atom stereocenters. The Morgan fingerprint density at radius 3 is 2.84 bits per heavy atom. The first kappa shape index (κ1) is 18.1. The van der Waals surface area contributed by atoms with E-state index in [0.29, 0.717) is 39.2 Å². The zero-order valence-electron chi connectivity index (χ0n) is 14.3. The quantitative estimate of drug-likeness (QED) is 0.776. The fourth-order valence-electron chi connectivity index (χ4n) is 2.97. The van der Waals surface area contributed by atoms with Crippen molar-refractivity contribution in [3.63, 3.8) is 0 Å². The minimum absolute atomic E-state index is 0.133. The van der Waals surface area contributed by atoms with Crippen LogP contribution in [0.1, 0.15) is 38.2 Å². The molecule has 0 bridgehead atoms. The van der Waals surface area contributed by atoms with Crippen molar-refractivity contribution < 1.29 is 14.3 Å². The molecule has 1 saturated heterocycles. The summed E-state index contributed by atoms with van der Waals surface area (Å²) in [5.41, 5.74) is 0.786. The summed E-state index contributed by atoms with van der Waals surface area (Å²) in [6.07, 6.45) is 6.43. The maximum Gasteiger partial charge on any atom is 0.264 e. The molecule has 0 spiro atoms. The summed E-state index contributed by atoms with van der Waals surface area (Å²) in [7, 11) is 1.55. The number of halogens is 1. The normalized spacial score (nSPS) is 21.2. The lowest BCUT2D eigenvalue weighted by molar-refractivity contribution is -0.115. The Bertz CT molecular complexity index is 727. The minimum atomic E-state index is -0.133. The van der Waals surface area contributed by atoms with Gasteiger partial charge in [-0.05, 0) is 55.3 Å². The van der Waals surface area contributed by atoms with Crippen LogP contribution in [0.2, 0.25) is 5.02 Å². The predicted molar refractivity (Wildman–Crippen MR) is 103 cm³/mol. The molecule has 134 valence electrons. The van der Waals surface area contributed by atoms with Crippen LogP contribution in [-0.4, -0.2) is 30.8 Å². The van der Waals surface area contributed by atoms with Crippen molar-refractivity contribution in [2.24, 2.45) is 4.99 Å². The largest absolute Gasteiger partial charge is 0.491 e. The van der Waals surface area contributed by atoms with Crippen molar-refractivity contribution in [3.05, 3.63) is 27.6 Å². The maximum absolute atomic E-state index is 12.2. The van der Waals surface area contributed by atoms with Crippen LogP contribution >= 0.6 is 23.4 Å². The third kappa shape index (κ3) is 4.30. The number of aliphatic imine (C=N–C) groups is 1. The first-order valence-corrected chi connectivity index (χ1v) is 9.59. The SMILES string of the molecule is CCOc1cc(/C=C2\SC(=NC3CCCC3)NC2=O)cc(Cl)c1OC. The van der Waals surface area contributed by atoms with Crippen molar-refractivity contribution in [3.8, 4) is 11.5 Å². The molecule has 1 aliphatic carbocycles. The summed E-state index contributed by atoms with van der Waals surface area (Å²) in [5.74, 6) is 0.928. The van der Waals surface area contributed by atoms with Crippen LogP contribution in [0.4, 0.5) is 0 Å². The Hall–Kier alpha value is -1.66. The third-order valence-electron chi connectivity index (χ3n) is 4.11. The van der Waals surface area contributed by atoms with Crippen LogP contribution in [0.25, 0.3) is 6.08 Å². The second kappa shape index (κ2) is 8.15. The third-order valence-corrected chi connectivity index (χ3v) is 5.31. The van der Waals surface area contributed by atoms with Gasteiger partial charge in [0.25, 0.3) is 5.91 Å². The first-order chi connectivity index (χ1) is 12.1. The molecule has 1 aromatic rings. The van der Waals surface area contributed by atoms with E-state index < -0.39 is 0 Å². The minimum Gasteiger partial charge on any atom is -0.491 e. The van der Waals surface area contributed by atoms with Gasteiger partial charge in [0.05, 0.1) is 29.7 Å². The summed E-state index contributed by atoms with van der Waals surface area (Å²) >= 11 is 7.64. The Balaban J connectivity index is 1.83. The van der Waals surface area contributed by atoms with Gasteiger partial charge in [-0.25, -0.2) is 0 Å². The van der Waals surface area contributed by atoms with Gasteiger partial charge in [-0.1, -0.05) is 24.4 Å². The molecule has 7 heteroatoms. The standard InChI is InChI=1S/C18H21ClN2O3S/c1-3-24-14-9-11(8-13(19)16(14)23-2)10-15-17(22)21-18(25-15)20-12-6-4-5-7-12/h8-10,12H,3-7H2,1-2H3,(H,20,21,22)/b15-10-. The highest BCUT2D eigenvalue weighted by Crippen LogP contribution is 2.38. The topological polar surface area (TPSA) is 59.9 Å². The van der Waals surface area contributed by atoms with Crippen LogP contribution in [0.5, 0.6) is 11.5 Å². The smallest absolute Gasteiger partial charge is 0.264 e. The highest BCUT2D eigenvalue weighted by atomic mass is 35.5. The van der Waals surface area contributed by atoms with E-state index in [-0.39, 0.29) is 5.91 Å². The molecule has 1 saturated carbocycles. The molecule has 2 fully saturated rings. The second-order valence-corrected chi connectivity index (χ2v) is 7.34. The summed E-state index contributed by atoms with van der Waals surface area (Å²) in [6.45, 7) is 2.39. The highest BCUT2D eigenvalue weighted by molar-refractivity contribution is 8.18. The molecule has 0 atom stereocenters. The van der Waals surface area contributed by atoms with Gasteiger partial charge in [-0.2, -0.15) is 0 Å². The average molecular weight is 381 g/mol. The Kier molecular flexibility index (Phi) is 5.91. The molecule has 1 amide bonds. The molecule has 5 nitrogen and oxygen atoms in total. The molecule has 1 N–H and O–H groups in total. The molecular formula is C18H21ClN2O3S. The summed E-state index contributed by atoms with van der Waals surface area (Å²) in [4.78, 5) is 17.5. The number of methoxy groups -OCH3 is 1. The van der Waals surface area contributed by atoms with Gasteiger partial charge in [-0.3, -0.25) is 9.79 Å². The van der Waals surface area contributed by atoms with E-state index in [1.54, 1.807) is 19.3 Å². The van der Waals surface area contributed by atoms with Gasteiger partial charge < -0.3 is 14.8 Å². The molecule has 1 aliphatic heterocycles. The van der Waals surface area contributed by atoms with Crippen molar-refractivity contribution in [2.45, 2.75) is 38.6 Å². The maximum atomic E-state index is 12.2. The fraction of sp³-hybridized carbons (Fsp3) is 0.444. The average Bonchev–Trinajstić information content (AvgIpc) is 3.18. The van der Waals surface area contributed by atoms with E-state index in [9.17, 15) is 4.79 Å². The van der Waals surface area contributed by atoms with Crippen LogP contribution < -0.4 is 14.8 Å². The number of amides is 1. The molecule has 0 aromatic heterocycles. The lowest BCUT2D eigenvalue weighted by Crippen LogP contribution is -2.21. The summed E-state index contributed by atoms with van der Waals surface area (Å²) < 4.78 is 10.9. The molecular weight excluding hydrogens is 360 g/mol. The fourth-order valence-corrected chi connectivity index (χ4v) is 4.16. The van der Waals surface area contributed by atoms with E-state index in [2.05, 4.69) is 10.3 Å². The molecule has 1 heterocycles. The number of benzene rings is 1. The van der Waals surface area contributed by atoms with Crippen LogP contribution in [0, 0.1) is 0 Å². The van der Waals surface area contributed by atoms with Gasteiger partial charge in [0, 0.05) is 0 Å². The van der Waals surface area contributed by atoms with Crippen LogP contribution in [-0.2, 0) is 4.79 Å². The zero-order chi connectivity index (χ0) is 17.8. The molecule has 25 heavy (non-hydrogen) atoms. The number of amidine groups is 1. The van der Waals surface area contributed by atoms with E-state index in [1.807, 2.05) is 13.0 Å². The van der Waals surface area contributed by atoms with E-state index in [0.717, 1.165) is 18.4 Å². The molecule has 2 aliphatic rings. The van der Waals surface area contributed by atoms with Gasteiger partial charge in [0.1, 0.15) is 0 Å². The first-order valence-electron chi connectivity index (χ1n) is 8.39. The number of thioether (sulfide) groups is 1. The van der Waals surface area contributed by atoms with Crippen LogP contribution in [0.3, 0.4) is 0 Å². The lowest BCUT2D eigenvalue weighted by Gasteiger charge is -2.11. The number of carbonyl (C=O) groups excluding carboxylic acids is 1.